The van der Waals surface area contributed by atoms with Crippen molar-refractivity contribution in [1.29, 1.82) is 0 Å². The Morgan fingerprint density at radius 2 is 1.53 bits per heavy atom. The van der Waals surface area contributed by atoms with Crippen molar-refractivity contribution in [2.24, 2.45) is 0 Å². The van der Waals surface area contributed by atoms with Gasteiger partial charge in [-0.15, -0.1) is 5.10 Å². The van der Waals surface area contributed by atoms with Gasteiger partial charge in [0, 0.05) is 0 Å². The molecule has 0 fully saturated rings. The summed E-state index contributed by atoms with van der Waals surface area (Å²) < 4.78 is 63.0. The molecule has 1 aromatic rings. The van der Waals surface area contributed by atoms with Gasteiger partial charge in [0.2, 0.25) is 5.82 Å². The lowest BCUT2D eigenvalue weighted by Gasteiger charge is -2.22. The minimum atomic E-state index is -4.96. The predicted octanol–water partition coefficient (Wildman–Crippen LogP) is 2.94. The largest absolute Gasteiger partial charge is 0.436 e. The second kappa shape index (κ2) is 3.18. The first-order valence-corrected chi connectivity index (χ1v) is 4.07. The van der Waals surface area contributed by atoms with Crippen LogP contribution in [0.3, 0.4) is 0 Å². The van der Waals surface area contributed by atoms with Crippen molar-refractivity contribution in [3.8, 4) is 0 Å². The van der Waals surface area contributed by atoms with Gasteiger partial charge in [0.1, 0.15) is 0 Å². The first-order valence-electron chi connectivity index (χ1n) is 4.07. The third-order valence-electron chi connectivity index (χ3n) is 1.69. The highest BCUT2D eigenvalue weighted by Crippen LogP contribution is 2.34. The number of hydrogen-bond acceptors (Lipinski definition) is 1. The molecule has 15 heavy (non-hydrogen) atoms. The molecule has 0 amide bonds. The van der Waals surface area contributed by atoms with E-state index in [9.17, 15) is 22.0 Å². The number of aromatic nitrogens is 2. The first-order chi connectivity index (χ1) is 6.55. The molecule has 0 atom stereocenters. The molecule has 0 saturated heterocycles. The van der Waals surface area contributed by atoms with Crippen molar-refractivity contribution < 1.29 is 22.0 Å². The van der Waals surface area contributed by atoms with Crippen LogP contribution in [0.5, 0.6) is 0 Å². The van der Waals surface area contributed by atoms with Crippen molar-refractivity contribution in [2.75, 3.05) is 0 Å². The fourth-order valence-electron chi connectivity index (χ4n) is 1.10. The summed E-state index contributed by atoms with van der Waals surface area (Å²) in [6.45, 7) is 4.11. The fraction of sp³-hybridized carbons (Fsp3) is 0.625. The lowest BCUT2D eigenvalue weighted by Crippen LogP contribution is -2.29. The van der Waals surface area contributed by atoms with Gasteiger partial charge >= 0.3 is 6.18 Å². The molecular formula is C8H9F5N2. The zero-order valence-electron chi connectivity index (χ0n) is 8.28. The molecule has 0 spiro atoms. The van der Waals surface area contributed by atoms with Gasteiger partial charge in [0.15, 0.2) is 5.69 Å². The zero-order chi connectivity index (χ0) is 12.0. The Balaban J connectivity index is 3.48. The van der Waals surface area contributed by atoms with Crippen molar-refractivity contribution in [3.63, 3.8) is 0 Å². The Bertz CT molecular complexity index is 372. The maximum absolute atomic E-state index is 12.9. The molecule has 0 aromatic carbocycles. The van der Waals surface area contributed by atoms with Gasteiger partial charge in [-0.3, -0.25) is 0 Å². The van der Waals surface area contributed by atoms with Crippen molar-refractivity contribution in [3.05, 3.63) is 17.5 Å². The normalized spacial score (nSPS) is 13.3. The van der Waals surface area contributed by atoms with Crippen LogP contribution in [0.2, 0.25) is 0 Å². The molecular weight excluding hydrogens is 219 g/mol. The fourth-order valence-corrected chi connectivity index (χ4v) is 1.10. The lowest BCUT2D eigenvalue weighted by molar-refractivity contribution is -0.148. The molecule has 0 saturated carbocycles. The maximum atomic E-state index is 12.9. The highest BCUT2D eigenvalue weighted by molar-refractivity contribution is 5.12. The van der Waals surface area contributed by atoms with E-state index >= 15 is 0 Å². The summed E-state index contributed by atoms with van der Waals surface area (Å²) >= 11 is 0. The minimum absolute atomic E-state index is 0.303. The van der Waals surface area contributed by atoms with Crippen LogP contribution in [0.25, 0.3) is 0 Å². The van der Waals surface area contributed by atoms with Crippen molar-refractivity contribution in [1.82, 2.24) is 9.78 Å². The number of halogens is 5. The molecule has 1 rings (SSSR count). The Kier molecular flexibility index (Phi) is 2.53. The number of nitrogens with zero attached hydrogens (tertiary/aromatic N) is 2. The summed E-state index contributed by atoms with van der Waals surface area (Å²) in [5.74, 6) is -3.70. The topological polar surface area (TPSA) is 17.8 Å². The average Bonchev–Trinajstić information content (AvgIpc) is 2.25. The molecule has 0 bridgehead atoms. The van der Waals surface area contributed by atoms with Crippen LogP contribution in [-0.2, 0) is 11.7 Å². The van der Waals surface area contributed by atoms with Crippen LogP contribution < -0.4 is 0 Å². The quantitative estimate of drug-likeness (QED) is 0.624. The summed E-state index contributed by atoms with van der Waals surface area (Å²) in [7, 11) is 0. The Labute approximate surface area is 82.7 Å². The van der Waals surface area contributed by atoms with Gasteiger partial charge in [-0.2, -0.15) is 22.0 Å². The summed E-state index contributed by atoms with van der Waals surface area (Å²) in [5, 5.41) is 2.90. The average molecular weight is 228 g/mol. The molecule has 0 N–H and O–H groups in total. The van der Waals surface area contributed by atoms with E-state index in [2.05, 4.69) is 5.10 Å². The van der Waals surface area contributed by atoms with E-state index in [1.54, 1.807) is 0 Å². The monoisotopic (exact) mass is 228 g/mol. The lowest BCUT2D eigenvalue weighted by atomic mass is 10.1. The highest BCUT2D eigenvalue weighted by atomic mass is 19.4. The van der Waals surface area contributed by atoms with E-state index in [4.69, 9.17) is 0 Å². The van der Waals surface area contributed by atoms with Gasteiger partial charge in [0.05, 0.1) is 5.54 Å². The third-order valence-corrected chi connectivity index (χ3v) is 1.69. The first kappa shape index (κ1) is 11.9. The van der Waals surface area contributed by atoms with Gasteiger partial charge in [-0.25, -0.2) is 4.68 Å². The minimum Gasteiger partial charge on any atom is -0.249 e. The maximum Gasteiger partial charge on any atom is 0.436 e. The van der Waals surface area contributed by atoms with Gasteiger partial charge in [0.25, 0.3) is 5.95 Å². The van der Waals surface area contributed by atoms with E-state index in [-0.39, 0.29) is 0 Å². The molecule has 0 aliphatic rings. The van der Waals surface area contributed by atoms with Gasteiger partial charge in [-0.05, 0) is 20.8 Å². The molecule has 1 heterocycles. The third kappa shape index (κ3) is 2.10. The number of alkyl halides is 3. The Morgan fingerprint density at radius 1 is 1.07 bits per heavy atom. The second-order valence-corrected chi connectivity index (χ2v) is 4.03. The van der Waals surface area contributed by atoms with E-state index < -0.39 is 29.2 Å². The molecule has 0 aliphatic heterocycles. The van der Waals surface area contributed by atoms with Crippen LogP contribution in [0, 0.1) is 11.8 Å². The molecule has 86 valence electrons. The van der Waals surface area contributed by atoms with Crippen molar-refractivity contribution >= 4 is 0 Å². The van der Waals surface area contributed by atoms with Crippen LogP contribution >= 0.6 is 0 Å². The predicted molar refractivity (Wildman–Crippen MR) is 42.1 cm³/mol. The molecule has 0 unspecified atom stereocenters. The van der Waals surface area contributed by atoms with Crippen LogP contribution in [0.15, 0.2) is 0 Å². The van der Waals surface area contributed by atoms with E-state index in [1.165, 1.54) is 20.8 Å². The van der Waals surface area contributed by atoms with E-state index in [0.29, 0.717) is 4.68 Å². The molecule has 1 aromatic heterocycles. The Hall–Kier alpha value is -1.14. The smallest absolute Gasteiger partial charge is 0.249 e. The van der Waals surface area contributed by atoms with Crippen molar-refractivity contribution in [2.45, 2.75) is 32.5 Å². The highest BCUT2D eigenvalue weighted by Gasteiger charge is 2.43. The molecule has 2 nitrogen and oxygen atoms in total. The summed E-state index contributed by atoms with van der Waals surface area (Å²) in [5.41, 5.74) is -2.83. The molecule has 7 heteroatoms. The van der Waals surface area contributed by atoms with E-state index in [1.807, 2.05) is 0 Å². The number of hydrogen-bond donors (Lipinski definition) is 0. The van der Waals surface area contributed by atoms with Crippen LogP contribution in [0.1, 0.15) is 26.5 Å². The van der Waals surface area contributed by atoms with Gasteiger partial charge < -0.3 is 0 Å². The molecule has 0 aliphatic carbocycles. The second-order valence-electron chi connectivity index (χ2n) is 4.03. The van der Waals surface area contributed by atoms with Crippen LogP contribution in [-0.4, -0.2) is 9.78 Å². The van der Waals surface area contributed by atoms with Crippen LogP contribution in [0.4, 0.5) is 22.0 Å². The standard InChI is InChI=1S/C8H9F5N2/c1-7(2,3)15-5(8(11,12)13)4(9)6(10)14-15/h1-3H3. The summed E-state index contributed by atoms with van der Waals surface area (Å²) in [6, 6.07) is 0. The molecule has 0 radical (unpaired) electrons. The zero-order valence-corrected chi connectivity index (χ0v) is 8.28. The summed E-state index contributed by atoms with van der Waals surface area (Å²) in [6.07, 6.45) is -4.96. The number of rotatable bonds is 0. The Morgan fingerprint density at radius 3 is 1.80 bits per heavy atom. The summed E-state index contributed by atoms with van der Waals surface area (Å²) in [4.78, 5) is 0. The SMILES string of the molecule is CC(C)(C)n1nc(F)c(F)c1C(F)(F)F. The van der Waals surface area contributed by atoms with E-state index in [0.717, 1.165) is 0 Å². The van der Waals surface area contributed by atoms with Gasteiger partial charge in [-0.1, -0.05) is 0 Å².